The summed E-state index contributed by atoms with van der Waals surface area (Å²) in [4.78, 5) is 11.6. The number of nitrogens with two attached hydrogens (primary N) is 1. The predicted octanol–water partition coefficient (Wildman–Crippen LogP) is 3.66. The quantitative estimate of drug-likeness (QED) is 0.562. The summed E-state index contributed by atoms with van der Waals surface area (Å²) in [5.74, 6) is -0.820. The molecule has 0 heterocycles. The number of rotatable bonds is 8. The van der Waals surface area contributed by atoms with Crippen LogP contribution in [0.1, 0.15) is 51.0 Å². The van der Waals surface area contributed by atoms with Gasteiger partial charge >= 0.3 is 5.97 Å². The van der Waals surface area contributed by atoms with E-state index in [1.54, 1.807) is 18.2 Å². The second-order valence-corrected chi connectivity index (χ2v) is 5.25. The molecule has 0 radical (unpaired) electrons. The first-order valence-electron chi connectivity index (χ1n) is 7.18. The van der Waals surface area contributed by atoms with Crippen molar-refractivity contribution in [3.8, 4) is 5.75 Å². The van der Waals surface area contributed by atoms with Crippen molar-refractivity contribution in [2.45, 2.75) is 45.4 Å². The Hall–Kier alpha value is -1.71. The molecule has 1 aromatic carbocycles. The number of unbranched alkanes of at least 4 members (excludes halogenated alkanes) is 2. The number of carboxylic acids is 1. The lowest BCUT2D eigenvalue weighted by molar-refractivity contribution is -0.140. The van der Waals surface area contributed by atoms with Gasteiger partial charge in [0.05, 0.1) is 18.7 Å². The number of aliphatic carboxylic acids is 1. The number of nitrogen functional groups attached to an aromatic ring is 1. The average molecular weight is 279 g/mol. The number of benzene rings is 1. The summed E-state index contributed by atoms with van der Waals surface area (Å²) < 4.78 is 5.18. The third-order valence-corrected chi connectivity index (χ3v) is 3.75. The highest BCUT2D eigenvalue weighted by Gasteiger charge is 2.28. The minimum absolute atomic E-state index is 0.0495. The maximum Gasteiger partial charge on any atom is 0.311 e. The van der Waals surface area contributed by atoms with Crippen molar-refractivity contribution in [1.29, 1.82) is 0 Å². The van der Waals surface area contributed by atoms with Crippen LogP contribution in [-0.2, 0) is 4.79 Å². The van der Waals surface area contributed by atoms with Crippen molar-refractivity contribution < 1.29 is 14.6 Å². The Morgan fingerprint density at radius 3 is 2.65 bits per heavy atom. The number of anilines is 1. The second kappa shape index (κ2) is 7.78. The second-order valence-electron chi connectivity index (χ2n) is 5.25. The number of hydrogen-bond acceptors (Lipinski definition) is 3. The highest BCUT2D eigenvalue weighted by Crippen LogP contribution is 2.36. The van der Waals surface area contributed by atoms with Crippen molar-refractivity contribution in [2.75, 3.05) is 12.8 Å². The first-order chi connectivity index (χ1) is 9.52. The summed E-state index contributed by atoms with van der Waals surface area (Å²) in [7, 11) is 1.54. The number of methoxy groups -OCH3 is 1. The van der Waals surface area contributed by atoms with Crippen molar-refractivity contribution in [2.24, 2.45) is 5.92 Å². The van der Waals surface area contributed by atoms with Crippen LogP contribution < -0.4 is 10.5 Å². The molecule has 2 unspecified atom stereocenters. The standard InChI is InChI=1S/C16H25NO3/c1-4-5-6-8-11(2)14(16(18)19)12-9-7-10-13(20-3)15(12)17/h7,9-11,14H,4-6,8,17H2,1-3H3,(H,18,19). The van der Waals surface area contributed by atoms with E-state index in [0.29, 0.717) is 17.0 Å². The number of hydrogen-bond donors (Lipinski definition) is 2. The lowest BCUT2D eigenvalue weighted by Crippen LogP contribution is -2.21. The van der Waals surface area contributed by atoms with Gasteiger partial charge in [-0.05, 0) is 24.0 Å². The molecular formula is C16H25NO3. The van der Waals surface area contributed by atoms with Crippen molar-refractivity contribution in [3.05, 3.63) is 23.8 Å². The number of carbonyl (C=O) groups is 1. The highest BCUT2D eigenvalue weighted by atomic mass is 16.5. The number of ether oxygens (including phenoxy) is 1. The molecule has 2 atom stereocenters. The summed E-state index contributed by atoms with van der Waals surface area (Å²) in [6.07, 6.45) is 4.20. The smallest absolute Gasteiger partial charge is 0.311 e. The molecule has 112 valence electrons. The SMILES string of the molecule is CCCCCC(C)C(C(=O)O)c1cccc(OC)c1N. The molecule has 0 spiro atoms. The van der Waals surface area contributed by atoms with Crippen LogP contribution in [-0.4, -0.2) is 18.2 Å². The van der Waals surface area contributed by atoms with Crippen LogP contribution in [0.4, 0.5) is 5.69 Å². The molecule has 0 amide bonds. The molecule has 4 nitrogen and oxygen atoms in total. The highest BCUT2D eigenvalue weighted by molar-refractivity contribution is 5.80. The van der Waals surface area contributed by atoms with Crippen LogP contribution in [0.3, 0.4) is 0 Å². The Kier molecular flexibility index (Phi) is 6.36. The number of carboxylic acid groups (broad SMARTS) is 1. The van der Waals surface area contributed by atoms with Crippen LogP contribution in [0.5, 0.6) is 5.75 Å². The van der Waals surface area contributed by atoms with Gasteiger partial charge in [0.2, 0.25) is 0 Å². The molecule has 0 saturated heterocycles. The normalized spacial score (nSPS) is 13.8. The Balaban J connectivity index is 2.99. The Morgan fingerprint density at radius 2 is 2.10 bits per heavy atom. The van der Waals surface area contributed by atoms with Gasteiger partial charge in [0.25, 0.3) is 0 Å². The molecule has 4 heteroatoms. The van der Waals surface area contributed by atoms with E-state index in [4.69, 9.17) is 10.5 Å². The van der Waals surface area contributed by atoms with Crippen LogP contribution in [0.15, 0.2) is 18.2 Å². The minimum Gasteiger partial charge on any atom is -0.495 e. The Morgan fingerprint density at radius 1 is 1.40 bits per heavy atom. The van der Waals surface area contributed by atoms with E-state index in [1.807, 2.05) is 6.92 Å². The summed E-state index contributed by atoms with van der Waals surface area (Å²) in [5, 5.41) is 9.55. The lowest BCUT2D eigenvalue weighted by atomic mass is 9.83. The van der Waals surface area contributed by atoms with E-state index in [0.717, 1.165) is 25.7 Å². The largest absolute Gasteiger partial charge is 0.495 e. The molecule has 20 heavy (non-hydrogen) atoms. The van der Waals surface area contributed by atoms with Crippen molar-refractivity contribution in [3.63, 3.8) is 0 Å². The molecule has 0 aliphatic heterocycles. The fourth-order valence-corrected chi connectivity index (χ4v) is 2.58. The molecule has 0 aliphatic carbocycles. The third kappa shape index (κ3) is 3.89. The van der Waals surface area contributed by atoms with Gasteiger partial charge in [-0.3, -0.25) is 4.79 Å². The molecule has 0 aliphatic rings. The monoisotopic (exact) mass is 279 g/mol. The predicted molar refractivity (Wildman–Crippen MR) is 81.1 cm³/mol. The van der Waals surface area contributed by atoms with Crippen LogP contribution in [0.25, 0.3) is 0 Å². The van der Waals surface area contributed by atoms with E-state index in [9.17, 15) is 9.90 Å². The first kappa shape index (κ1) is 16.3. The molecular weight excluding hydrogens is 254 g/mol. The third-order valence-electron chi connectivity index (χ3n) is 3.75. The zero-order chi connectivity index (χ0) is 15.1. The van der Waals surface area contributed by atoms with E-state index >= 15 is 0 Å². The topological polar surface area (TPSA) is 72.5 Å². The van der Waals surface area contributed by atoms with E-state index in [1.165, 1.54) is 7.11 Å². The summed E-state index contributed by atoms with van der Waals surface area (Å²) in [5.41, 5.74) is 7.13. The van der Waals surface area contributed by atoms with Gasteiger partial charge < -0.3 is 15.6 Å². The lowest BCUT2D eigenvalue weighted by Gasteiger charge is -2.22. The van der Waals surface area contributed by atoms with Crippen LogP contribution >= 0.6 is 0 Å². The van der Waals surface area contributed by atoms with Gasteiger partial charge in [-0.2, -0.15) is 0 Å². The van der Waals surface area contributed by atoms with Gasteiger partial charge in [-0.25, -0.2) is 0 Å². The molecule has 3 N–H and O–H groups in total. The van der Waals surface area contributed by atoms with Crippen LogP contribution in [0.2, 0.25) is 0 Å². The zero-order valence-corrected chi connectivity index (χ0v) is 12.6. The summed E-state index contributed by atoms with van der Waals surface area (Å²) in [6, 6.07) is 5.33. The number of para-hydroxylation sites is 1. The van der Waals surface area contributed by atoms with E-state index in [2.05, 4.69) is 6.92 Å². The van der Waals surface area contributed by atoms with Crippen molar-refractivity contribution in [1.82, 2.24) is 0 Å². The molecule has 0 bridgehead atoms. The average Bonchev–Trinajstić information content (AvgIpc) is 2.41. The van der Waals surface area contributed by atoms with Gasteiger partial charge in [0.15, 0.2) is 0 Å². The maximum atomic E-state index is 11.6. The maximum absolute atomic E-state index is 11.6. The van der Waals surface area contributed by atoms with Gasteiger partial charge in [0.1, 0.15) is 5.75 Å². The Bertz CT molecular complexity index is 445. The molecule has 1 aromatic rings. The Labute approximate surface area is 120 Å². The van der Waals surface area contributed by atoms with Crippen molar-refractivity contribution >= 4 is 11.7 Å². The fraction of sp³-hybridized carbons (Fsp3) is 0.562. The summed E-state index contributed by atoms with van der Waals surface area (Å²) >= 11 is 0. The zero-order valence-electron chi connectivity index (χ0n) is 12.6. The van der Waals surface area contributed by atoms with Gasteiger partial charge in [0, 0.05) is 0 Å². The molecule has 1 rings (SSSR count). The van der Waals surface area contributed by atoms with E-state index < -0.39 is 11.9 Å². The van der Waals surface area contributed by atoms with E-state index in [-0.39, 0.29) is 5.92 Å². The molecule has 0 saturated carbocycles. The fourth-order valence-electron chi connectivity index (χ4n) is 2.58. The molecule has 0 aromatic heterocycles. The van der Waals surface area contributed by atoms with Crippen LogP contribution in [0, 0.1) is 5.92 Å². The van der Waals surface area contributed by atoms with Gasteiger partial charge in [-0.1, -0.05) is 45.2 Å². The minimum atomic E-state index is -0.825. The first-order valence-corrected chi connectivity index (χ1v) is 7.18. The molecule has 0 fully saturated rings. The summed E-state index contributed by atoms with van der Waals surface area (Å²) in [6.45, 7) is 4.12. The van der Waals surface area contributed by atoms with Gasteiger partial charge in [-0.15, -0.1) is 0 Å².